The molecule has 0 saturated heterocycles. The Morgan fingerprint density at radius 2 is 2.00 bits per heavy atom. The van der Waals surface area contributed by atoms with E-state index in [9.17, 15) is 10.2 Å². The van der Waals surface area contributed by atoms with Crippen molar-refractivity contribution in [2.24, 2.45) is 5.41 Å². The van der Waals surface area contributed by atoms with Gasteiger partial charge in [0.15, 0.2) is 0 Å². The molecule has 114 valence electrons. The summed E-state index contributed by atoms with van der Waals surface area (Å²) in [6, 6.07) is 6.79. The lowest BCUT2D eigenvalue weighted by atomic mass is 9.86. The van der Waals surface area contributed by atoms with Crippen molar-refractivity contribution in [3.8, 4) is 5.75 Å². The normalized spacial score (nSPS) is 14.7. The molecular weight excluding hydrogens is 294 g/mol. The molecule has 1 heterocycles. The second-order valence-corrected chi connectivity index (χ2v) is 5.87. The molecule has 0 aliphatic heterocycles. The number of aliphatic hydroxyl groups is 2. The molecule has 2 rings (SSSR count). The van der Waals surface area contributed by atoms with Gasteiger partial charge in [-0.3, -0.25) is 0 Å². The molecule has 2 aromatic rings. The molecule has 6 nitrogen and oxygen atoms in total. The molecule has 0 saturated carbocycles. The number of benzene rings is 1. The monoisotopic (exact) mass is 311 g/mol. The van der Waals surface area contributed by atoms with Crippen molar-refractivity contribution in [2.75, 3.05) is 6.61 Å². The average Bonchev–Trinajstić information content (AvgIpc) is 3.00. The van der Waals surface area contributed by atoms with Crippen molar-refractivity contribution in [1.82, 2.24) is 14.8 Å². The lowest BCUT2D eigenvalue weighted by molar-refractivity contribution is -0.0948. The first-order valence-electron chi connectivity index (χ1n) is 6.49. The maximum absolute atomic E-state index is 10.5. The third kappa shape index (κ3) is 3.72. The van der Waals surface area contributed by atoms with Crippen molar-refractivity contribution in [3.05, 3.63) is 41.9 Å². The van der Waals surface area contributed by atoms with Crippen LogP contribution in [0, 0.1) is 5.41 Å². The number of aromatic nitrogens is 3. The molecule has 2 atom stereocenters. The molecule has 0 aliphatic carbocycles. The minimum Gasteiger partial charge on any atom is -0.466 e. The molecule has 2 unspecified atom stereocenters. The van der Waals surface area contributed by atoms with Crippen molar-refractivity contribution in [2.45, 2.75) is 26.2 Å². The fraction of sp³-hybridized carbons (Fsp3) is 0.429. The minimum atomic E-state index is -0.986. The van der Waals surface area contributed by atoms with E-state index < -0.39 is 17.7 Å². The molecule has 0 fully saturated rings. The van der Waals surface area contributed by atoms with Crippen LogP contribution >= 0.6 is 11.6 Å². The molecule has 0 spiro atoms. The quantitative estimate of drug-likeness (QED) is 0.851. The number of hydrogen-bond donors (Lipinski definition) is 2. The summed E-state index contributed by atoms with van der Waals surface area (Å²) in [4.78, 5) is 3.87. The highest BCUT2D eigenvalue weighted by atomic mass is 35.5. The van der Waals surface area contributed by atoms with E-state index in [1.807, 2.05) is 0 Å². The van der Waals surface area contributed by atoms with Gasteiger partial charge in [-0.05, 0) is 24.3 Å². The van der Waals surface area contributed by atoms with Gasteiger partial charge in [-0.1, -0.05) is 25.4 Å². The van der Waals surface area contributed by atoms with E-state index in [2.05, 4.69) is 10.1 Å². The summed E-state index contributed by atoms with van der Waals surface area (Å²) in [5, 5.41) is 24.6. The van der Waals surface area contributed by atoms with Gasteiger partial charge in [-0.15, -0.1) is 0 Å². The van der Waals surface area contributed by atoms with Crippen LogP contribution in [0.25, 0.3) is 0 Å². The Kier molecular flexibility index (Phi) is 4.82. The van der Waals surface area contributed by atoms with Crippen LogP contribution in [0.3, 0.4) is 0 Å². The topological polar surface area (TPSA) is 80.4 Å². The number of nitrogens with zero attached hydrogens (tertiary/aromatic N) is 3. The smallest absolute Gasteiger partial charge is 0.219 e. The van der Waals surface area contributed by atoms with Gasteiger partial charge in [0, 0.05) is 10.4 Å². The first kappa shape index (κ1) is 15.8. The van der Waals surface area contributed by atoms with Gasteiger partial charge in [-0.2, -0.15) is 5.10 Å². The van der Waals surface area contributed by atoms with Gasteiger partial charge in [0.1, 0.15) is 24.5 Å². The zero-order valence-electron chi connectivity index (χ0n) is 11.8. The SMILES string of the molecule is CC(C)(CO)C(O)C(Oc1ccc(Cl)cc1)n1cncn1. The number of hydrogen-bond acceptors (Lipinski definition) is 5. The molecule has 0 radical (unpaired) electrons. The number of halogens is 1. The lowest BCUT2D eigenvalue weighted by Gasteiger charge is -2.34. The molecule has 1 aromatic carbocycles. The molecule has 21 heavy (non-hydrogen) atoms. The Morgan fingerprint density at radius 1 is 1.33 bits per heavy atom. The minimum absolute atomic E-state index is 0.191. The summed E-state index contributed by atoms with van der Waals surface area (Å²) in [6.45, 7) is 3.29. The number of rotatable bonds is 6. The Bertz CT molecular complexity index is 557. The predicted molar refractivity (Wildman–Crippen MR) is 78.0 cm³/mol. The predicted octanol–water partition coefficient (Wildman–Crippen LogP) is 1.89. The van der Waals surface area contributed by atoms with Crippen molar-refractivity contribution < 1.29 is 14.9 Å². The second-order valence-electron chi connectivity index (χ2n) is 5.43. The highest BCUT2D eigenvalue weighted by Gasteiger charge is 2.37. The summed E-state index contributed by atoms with van der Waals surface area (Å²) >= 11 is 5.84. The lowest BCUT2D eigenvalue weighted by Crippen LogP contribution is -2.42. The van der Waals surface area contributed by atoms with Crippen LogP contribution in [0.4, 0.5) is 0 Å². The third-order valence-corrected chi connectivity index (χ3v) is 3.50. The number of aliphatic hydroxyl groups excluding tert-OH is 2. The molecule has 7 heteroatoms. The highest BCUT2D eigenvalue weighted by molar-refractivity contribution is 6.30. The van der Waals surface area contributed by atoms with E-state index in [4.69, 9.17) is 16.3 Å². The van der Waals surface area contributed by atoms with E-state index in [-0.39, 0.29) is 6.61 Å². The van der Waals surface area contributed by atoms with Crippen molar-refractivity contribution >= 4 is 11.6 Å². The van der Waals surface area contributed by atoms with Crippen molar-refractivity contribution in [3.63, 3.8) is 0 Å². The fourth-order valence-corrected chi connectivity index (χ4v) is 1.87. The van der Waals surface area contributed by atoms with Gasteiger partial charge in [-0.25, -0.2) is 9.67 Å². The fourth-order valence-electron chi connectivity index (χ4n) is 1.74. The molecule has 0 amide bonds. The van der Waals surface area contributed by atoms with E-state index in [1.165, 1.54) is 17.3 Å². The van der Waals surface area contributed by atoms with Crippen LogP contribution in [0.1, 0.15) is 20.1 Å². The van der Waals surface area contributed by atoms with Gasteiger partial charge in [0.25, 0.3) is 0 Å². The van der Waals surface area contributed by atoms with Gasteiger partial charge < -0.3 is 14.9 Å². The average molecular weight is 312 g/mol. The van der Waals surface area contributed by atoms with Crippen molar-refractivity contribution in [1.29, 1.82) is 0 Å². The van der Waals surface area contributed by atoms with Crippen LogP contribution in [0.2, 0.25) is 5.02 Å². The van der Waals surface area contributed by atoms with E-state index >= 15 is 0 Å². The first-order valence-corrected chi connectivity index (χ1v) is 6.87. The summed E-state index contributed by atoms with van der Waals surface area (Å²) in [5.41, 5.74) is -0.761. The zero-order valence-corrected chi connectivity index (χ0v) is 12.6. The number of ether oxygens (including phenoxy) is 1. The van der Waals surface area contributed by atoms with Crippen LogP contribution in [-0.4, -0.2) is 37.7 Å². The summed E-state index contributed by atoms with van der Waals surface area (Å²) in [6.07, 6.45) is 1.02. The van der Waals surface area contributed by atoms with E-state index in [1.54, 1.807) is 38.1 Å². The Hall–Kier alpha value is -1.63. The Morgan fingerprint density at radius 3 is 2.52 bits per heavy atom. The van der Waals surface area contributed by atoms with Crippen LogP contribution in [0.5, 0.6) is 5.75 Å². The largest absolute Gasteiger partial charge is 0.466 e. The molecule has 0 aliphatic rings. The van der Waals surface area contributed by atoms with E-state index in [0.717, 1.165) is 0 Å². The first-order chi connectivity index (χ1) is 9.94. The summed E-state index contributed by atoms with van der Waals surface area (Å²) in [7, 11) is 0. The molecule has 0 bridgehead atoms. The maximum Gasteiger partial charge on any atom is 0.219 e. The molecular formula is C14H18ClN3O3. The van der Waals surface area contributed by atoms with Crippen LogP contribution < -0.4 is 4.74 Å². The van der Waals surface area contributed by atoms with Gasteiger partial charge in [0.05, 0.1) is 6.61 Å². The summed E-state index contributed by atoms with van der Waals surface area (Å²) in [5.74, 6) is 0.535. The van der Waals surface area contributed by atoms with Gasteiger partial charge in [0.2, 0.25) is 6.23 Å². The standard InChI is InChI=1S/C14H18ClN3O3/c1-14(2,7-19)12(20)13(18-9-16-8-17-18)21-11-5-3-10(15)4-6-11/h3-6,8-9,12-13,19-20H,7H2,1-2H3. The molecule has 1 aromatic heterocycles. The third-order valence-electron chi connectivity index (χ3n) is 3.25. The van der Waals surface area contributed by atoms with Crippen LogP contribution in [0.15, 0.2) is 36.9 Å². The van der Waals surface area contributed by atoms with Crippen LogP contribution in [-0.2, 0) is 0 Å². The summed E-state index contributed by atoms with van der Waals surface area (Å²) < 4.78 is 7.22. The maximum atomic E-state index is 10.5. The van der Waals surface area contributed by atoms with E-state index in [0.29, 0.717) is 10.8 Å². The van der Waals surface area contributed by atoms with Gasteiger partial charge >= 0.3 is 0 Å². The highest BCUT2D eigenvalue weighted by Crippen LogP contribution is 2.30. The zero-order chi connectivity index (χ0) is 15.5. The Balaban J connectivity index is 2.27. The second kappa shape index (κ2) is 6.43. The molecule has 2 N–H and O–H groups in total. The Labute approximate surface area is 128 Å².